The van der Waals surface area contributed by atoms with Crippen molar-refractivity contribution in [2.75, 3.05) is 17.7 Å². The fourth-order valence-corrected chi connectivity index (χ4v) is 2.20. The highest BCUT2D eigenvalue weighted by Crippen LogP contribution is 2.20. The second-order valence-corrected chi connectivity index (χ2v) is 5.70. The van der Waals surface area contributed by atoms with E-state index in [0.29, 0.717) is 5.92 Å². The molecule has 1 aromatic heterocycles. The van der Waals surface area contributed by atoms with Crippen LogP contribution in [0.25, 0.3) is 0 Å². The third kappa shape index (κ3) is 3.70. The van der Waals surface area contributed by atoms with Gasteiger partial charge in [-0.25, -0.2) is 9.97 Å². The second-order valence-electron chi connectivity index (χ2n) is 4.85. The van der Waals surface area contributed by atoms with Crippen LogP contribution in [-0.2, 0) is 6.54 Å². The average molecular weight is 335 g/mol. The number of rotatable bonds is 5. The van der Waals surface area contributed by atoms with Gasteiger partial charge in [-0.1, -0.05) is 48.0 Å². The standard InChI is InChI=1S/C15H19BrN4/c1-10(2)15-19-13(17-3)8-14(20-15)18-9-11-6-4-5-7-12(11)16/h4-8,10H,9H2,1-3H3,(H2,17,18,19,20). The van der Waals surface area contributed by atoms with E-state index in [1.807, 2.05) is 31.3 Å². The van der Waals surface area contributed by atoms with Crippen LogP contribution >= 0.6 is 15.9 Å². The second kappa shape index (κ2) is 6.70. The van der Waals surface area contributed by atoms with Gasteiger partial charge < -0.3 is 10.6 Å². The van der Waals surface area contributed by atoms with Crippen molar-refractivity contribution >= 4 is 27.6 Å². The SMILES string of the molecule is CNc1cc(NCc2ccccc2Br)nc(C(C)C)n1. The first-order valence-corrected chi connectivity index (χ1v) is 7.43. The molecule has 106 valence electrons. The fourth-order valence-electron chi connectivity index (χ4n) is 1.77. The first kappa shape index (κ1) is 14.8. The van der Waals surface area contributed by atoms with Crippen LogP contribution in [0, 0.1) is 0 Å². The summed E-state index contributed by atoms with van der Waals surface area (Å²) in [5.41, 5.74) is 1.20. The van der Waals surface area contributed by atoms with Gasteiger partial charge >= 0.3 is 0 Å². The summed E-state index contributed by atoms with van der Waals surface area (Å²) < 4.78 is 1.10. The Morgan fingerprint density at radius 1 is 1.15 bits per heavy atom. The molecule has 0 amide bonds. The summed E-state index contributed by atoms with van der Waals surface area (Å²) in [5, 5.41) is 6.42. The van der Waals surface area contributed by atoms with Crippen molar-refractivity contribution in [1.29, 1.82) is 0 Å². The van der Waals surface area contributed by atoms with Crippen LogP contribution in [0.15, 0.2) is 34.8 Å². The zero-order valence-electron chi connectivity index (χ0n) is 11.9. The van der Waals surface area contributed by atoms with Gasteiger partial charge in [-0.05, 0) is 11.6 Å². The lowest BCUT2D eigenvalue weighted by atomic mass is 10.2. The van der Waals surface area contributed by atoms with Gasteiger partial charge in [0.2, 0.25) is 0 Å². The summed E-state index contributed by atoms with van der Waals surface area (Å²) in [4.78, 5) is 9.00. The highest BCUT2D eigenvalue weighted by molar-refractivity contribution is 9.10. The molecule has 0 spiro atoms. The molecule has 0 bridgehead atoms. The zero-order valence-corrected chi connectivity index (χ0v) is 13.5. The summed E-state index contributed by atoms with van der Waals surface area (Å²) in [7, 11) is 1.87. The Kier molecular flexibility index (Phi) is 4.95. The van der Waals surface area contributed by atoms with E-state index in [2.05, 4.69) is 56.4 Å². The van der Waals surface area contributed by atoms with Crippen LogP contribution in [0.4, 0.5) is 11.6 Å². The average Bonchev–Trinajstić information content (AvgIpc) is 2.46. The number of hydrogen-bond donors (Lipinski definition) is 2. The highest BCUT2D eigenvalue weighted by atomic mass is 79.9. The summed E-state index contributed by atoms with van der Waals surface area (Å²) >= 11 is 3.55. The predicted molar refractivity (Wildman–Crippen MR) is 87.1 cm³/mol. The molecule has 4 nitrogen and oxygen atoms in total. The summed E-state index contributed by atoms with van der Waals surface area (Å²) in [6, 6.07) is 10.1. The van der Waals surface area contributed by atoms with E-state index in [9.17, 15) is 0 Å². The van der Waals surface area contributed by atoms with Gasteiger partial charge in [-0.2, -0.15) is 0 Å². The topological polar surface area (TPSA) is 49.8 Å². The highest BCUT2D eigenvalue weighted by Gasteiger charge is 2.07. The van der Waals surface area contributed by atoms with Gasteiger partial charge in [-0.3, -0.25) is 0 Å². The number of anilines is 2. The molecule has 0 saturated heterocycles. The number of halogens is 1. The number of hydrogen-bond acceptors (Lipinski definition) is 4. The van der Waals surface area contributed by atoms with Crippen LogP contribution in [0.5, 0.6) is 0 Å². The van der Waals surface area contributed by atoms with Gasteiger partial charge in [0.25, 0.3) is 0 Å². The van der Waals surface area contributed by atoms with E-state index >= 15 is 0 Å². The van der Waals surface area contributed by atoms with Gasteiger partial charge in [0.05, 0.1) is 0 Å². The maximum absolute atomic E-state index is 4.55. The molecule has 2 N–H and O–H groups in total. The van der Waals surface area contributed by atoms with Crippen molar-refractivity contribution in [3.8, 4) is 0 Å². The number of nitrogens with one attached hydrogen (secondary N) is 2. The maximum atomic E-state index is 4.55. The molecule has 1 aromatic carbocycles. The fraction of sp³-hybridized carbons (Fsp3) is 0.333. The smallest absolute Gasteiger partial charge is 0.135 e. The van der Waals surface area contributed by atoms with Crippen molar-refractivity contribution in [3.05, 3.63) is 46.2 Å². The van der Waals surface area contributed by atoms with Gasteiger partial charge in [0, 0.05) is 30.0 Å². The Morgan fingerprint density at radius 2 is 1.85 bits per heavy atom. The van der Waals surface area contributed by atoms with E-state index in [1.165, 1.54) is 5.56 Å². The van der Waals surface area contributed by atoms with Crippen molar-refractivity contribution < 1.29 is 0 Å². The lowest BCUT2D eigenvalue weighted by Gasteiger charge is -2.12. The van der Waals surface area contributed by atoms with Crippen molar-refractivity contribution in [2.45, 2.75) is 26.3 Å². The normalized spacial score (nSPS) is 10.7. The first-order valence-electron chi connectivity index (χ1n) is 6.64. The Labute approximate surface area is 128 Å². The molecular formula is C15H19BrN4. The van der Waals surface area contributed by atoms with E-state index in [1.54, 1.807) is 0 Å². The lowest BCUT2D eigenvalue weighted by Crippen LogP contribution is -2.07. The largest absolute Gasteiger partial charge is 0.373 e. The molecule has 0 radical (unpaired) electrons. The number of benzene rings is 1. The molecular weight excluding hydrogens is 316 g/mol. The van der Waals surface area contributed by atoms with E-state index in [-0.39, 0.29) is 0 Å². The van der Waals surface area contributed by atoms with Crippen LogP contribution in [0.2, 0.25) is 0 Å². The van der Waals surface area contributed by atoms with E-state index in [0.717, 1.165) is 28.5 Å². The van der Waals surface area contributed by atoms with Crippen molar-refractivity contribution in [3.63, 3.8) is 0 Å². The monoisotopic (exact) mass is 334 g/mol. The molecule has 2 aromatic rings. The van der Waals surface area contributed by atoms with Gasteiger partial charge in [0.1, 0.15) is 17.5 Å². The van der Waals surface area contributed by atoms with Crippen LogP contribution in [0.3, 0.4) is 0 Å². The zero-order chi connectivity index (χ0) is 14.5. The number of nitrogens with zero attached hydrogens (tertiary/aromatic N) is 2. The molecule has 20 heavy (non-hydrogen) atoms. The molecule has 0 fully saturated rings. The van der Waals surface area contributed by atoms with Gasteiger partial charge in [-0.15, -0.1) is 0 Å². The van der Waals surface area contributed by atoms with Crippen LogP contribution < -0.4 is 10.6 Å². The lowest BCUT2D eigenvalue weighted by molar-refractivity contribution is 0.776. The molecule has 5 heteroatoms. The Morgan fingerprint density at radius 3 is 2.50 bits per heavy atom. The summed E-state index contributed by atoms with van der Waals surface area (Å²) in [6.07, 6.45) is 0. The van der Waals surface area contributed by atoms with Crippen LogP contribution in [-0.4, -0.2) is 17.0 Å². The minimum atomic E-state index is 0.298. The Hall–Kier alpha value is -1.62. The number of aromatic nitrogens is 2. The molecule has 0 aliphatic rings. The minimum Gasteiger partial charge on any atom is -0.373 e. The molecule has 2 rings (SSSR count). The molecule has 0 aliphatic carbocycles. The Bertz CT molecular complexity index is 584. The summed E-state index contributed by atoms with van der Waals surface area (Å²) in [5.74, 6) is 2.81. The van der Waals surface area contributed by atoms with Crippen molar-refractivity contribution in [1.82, 2.24) is 9.97 Å². The van der Waals surface area contributed by atoms with Crippen LogP contribution in [0.1, 0.15) is 31.2 Å². The third-order valence-corrected chi connectivity index (χ3v) is 3.71. The van der Waals surface area contributed by atoms with E-state index < -0.39 is 0 Å². The molecule has 0 aliphatic heterocycles. The van der Waals surface area contributed by atoms with E-state index in [4.69, 9.17) is 0 Å². The minimum absolute atomic E-state index is 0.298. The molecule has 0 atom stereocenters. The third-order valence-electron chi connectivity index (χ3n) is 2.93. The first-order chi connectivity index (χ1) is 9.60. The molecule has 0 saturated carbocycles. The Balaban J connectivity index is 2.17. The molecule has 0 unspecified atom stereocenters. The predicted octanol–water partition coefficient (Wildman–Crippen LogP) is 4.02. The quantitative estimate of drug-likeness (QED) is 0.867. The van der Waals surface area contributed by atoms with Crippen molar-refractivity contribution in [2.24, 2.45) is 0 Å². The maximum Gasteiger partial charge on any atom is 0.135 e. The summed E-state index contributed by atoms with van der Waals surface area (Å²) in [6.45, 7) is 4.90. The van der Waals surface area contributed by atoms with Gasteiger partial charge in [0.15, 0.2) is 0 Å². The molecule has 1 heterocycles.